The van der Waals surface area contributed by atoms with Crippen LogP contribution in [0.15, 0.2) is 24.3 Å². The molecule has 4 heteroatoms. The van der Waals surface area contributed by atoms with Crippen molar-refractivity contribution in [1.82, 2.24) is 5.32 Å². The van der Waals surface area contributed by atoms with Crippen LogP contribution in [-0.4, -0.2) is 18.6 Å². The zero-order valence-electron chi connectivity index (χ0n) is 10.7. The average molecular weight is 248 g/mol. The van der Waals surface area contributed by atoms with Crippen molar-refractivity contribution in [1.29, 1.82) is 0 Å². The van der Waals surface area contributed by atoms with Gasteiger partial charge in [-0.25, -0.2) is 0 Å². The summed E-state index contributed by atoms with van der Waals surface area (Å²) in [5.41, 5.74) is 6.52. The number of carbonyl (C=O) groups excluding carboxylic acids is 1. The molecule has 2 unspecified atom stereocenters. The number of para-hydroxylation sites is 1. The van der Waals surface area contributed by atoms with Gasteiger partial charge in [-0.1, -0.05) is 31.5 Å². The van der Waals surface area contributed by atoms with E-state index in [-0.39, 0.29) is 12.5 Å². The molecule has 0 aliphatic heterocycles. The number of nitrogens with two attached hydrogens (primary N) is 1. The van der Waals surface area contributed by atoms with Crippen LogP contribution >= 0.6 is 0 Å². The van der Waals surface area contributed by atoms with Gasteiger partial charge in [-0.3, -0.25) is 4.79 Å². The number of nitrogens with one attached hydrogen (secondary N) is 1. The summed E-state index contributed by atoms with van der Waals surface area (Å²) in [5, 5.41) is 2.97. The molecular formula is C14H20N2O2. The number of amides is 1. The Morgan fingerprint density at radius 1 is 1.50 bits per heavy atom. The molecule has 18 heavy (non-hydrogen) atoms. The van der Waals surface area contributed by atoms with Gasteiger partial charge in [0.1, 0.15) is 5.75 Å². The van der Waals surface area contributed by atoms with Crippen molar-refractivity contribution < 1.29 is 9.53 Å². The van der Waals surface area contributed by atoms with E-state index in [0.29, 0.717) is 24.3 Å². The second-order valence-electron chi connectivity index (χ2n) is 4.68. The Morgan fingerprint density at radius 3 is 2.94 bits per heavy atom. The van der Waals surface area contributed by atoms with Crippen molar-refractivity contribution in [2.45, 2.75) is 32.4 Å². The van der Waals surface area contributed by atoms with E-state index in [4.69, 9.17) is 10.5 Å². The maximum atomic E-state index is 11.7. The fourth-order valence-corrected chi connectivity index (χ4v) is 2.08. The third-order valence-electron chi connectivity index (χ3n) is 3.34. The van der Waals surface area contributed by atoms with Gasteiger partial charge in [0.25, 0.3) is 5.91 Å². The molecule has 1 aromatic rings. The molecule has 3 N–H and O–H groups in total. The van der Waals surface area contributed by atoms with Gasteiger partial charge in [0.05, 0.1) is 0 Å². The van der Waals surface area contributed by atoms with E-state index in [0.717, 1.165) is 18.4 Å². The maximum absolute atomic E-state index is 11.7. The van der Waals surface area contributed by atoms with Gasteiger partial charge in [0.2, 0.25) is 0 Å². The number of ether oxygens (including phenoxy) is 1. The summed E-state index contributed by atoms with van der Waals surface area (Å²) in [4.78, 5) is 11.7. The normalized spacial score (nSPS) is 21.4. The van der Waals surface area contributed by atoms with Crippen LogP contribution in [-0.2, 0) is 11.3 Å². The van der Waals surface area contributed by atoms with E-state index in [1.807, 2.05) is 24.3 Å². The first-order valence-electron chi connectivity index (χ1n) is 6.44. The molecule has 0 bridgehead atoms. The van der Waals surface area contributed by atoms with Crippen molar-refractivity contribution >= 4 is 5.91 Å². The number of carbonyl (C=O) groups is 1. The Hall–Kier alpha value is -1.55. The second kappa shape index (κ2) is 5.87. The van der Waals surface area contributed by atoms with Crippen molar-refractivity contribution in [3.05, 3.63) is 29.8 Å². The first kappa shape index (κ1) is 12.9. The highest BCUT2D eigenvalue weighted by atomic mass is 16.5. The maximum Gasteiger partial charge on any atom is 0.258 e. The van der Waals surface area contributed by atoms with Crippen molar-refractivity contribution in [3.63, 3.8) is 0 Å². The molecule has 98 valence electrons. The number of hydrogen-bond donors (Lipinski definition) is 2. The van der Waals surface area contributed by atoms with E-state index >= 15 is 0 Å². The SMILES string of the molecule is CCC1CC1NC(=O)COc1ccccc1CN. The number of hydrogen-bond acceptors (Lipinski definition) is 3. The standard InChI is InChI=1S/C14H20N2O2/c1-2-10-7-12(10)16-14(17)9-18-13-6-4-3-5-11(13)8-15/h3-6,10,12H,2,7-9,15H2,1H3,(H,16,17). The van der Waals surface area contributed by atoms with Crippen molar-refractivity contribution in [3.8, 4) is 5.75 Å². The van der Waals surface area contributed by atoms with Crippen molar-refractivity contribution in [2.24, 2.45) is 11.7 Å². The third kappa shape index (κ3) is 3.23. The summed E-state index contributed by atoms with van der Waals surface area (Å²) in [7, 11) is 0. The Kier molecular flexibility index (Phi) is 4.20. The van der Waals surface area contributed by atoms with Gasteiger partial charge in [-0.05, 0) is 18.4 Å². The zero-order chi connectivity index (χ0) is 13.0. The first-order chi connectivity index (χ1) is 8.74. The molecule has 1 amide bonds. The minimum absolute atomic E-state index is 0.0530. The summed E-state index contributed by atoms with van der Waals surface area (Å²) < 4.78 is 5.50. The predicted molar refractivity (Wildman–Crippen MR) is 70.2 cm³/mol. The van der Waals surface area contributed by atoms with Crippen LogP contribution in [0.1, 0.15) is 25.3 Å². The van der Waals surface area contributed by atoms with E-state index in [2.05, 4.69) is 12.2 Å². The van der Waals surface area contributed by atoms with Crippen LogP contribution in [0.3, 0.4) is 0 Å². The van der Waals surface area contributed by atoms with Gasteiger partial charge in [0, 0.05) is 18.2 Å². The Labute approximate surface area is 108 Å². The lowest BCUT2D eigenvalue weighted by molar-refractivity contribution is -0.123. The predicted octanol–water partition coefficient (Wildman–Crippen LogP) is 1.44. The lowest BCUT2D eigenvalue weighted by Crippen LogP contribution is -2.31. The molecule has 0 radical (unpaired) electrons. The minimum atomic E-state index is -0.0530. The van der Waals surface area contributed by atoms with E-state index in [1.165, 1.54) is 0 Å². The monoisotopic (exact) mass is 248 g/mol. The molecule has 1 saturated carbocycles. The Morgan fingerprint density at radius 2 is 2.28 bits per heavy atom. The number of rotatable bonds is 6. The molecule has 1 aliphatic rings. The second-order valence-corrected chi connectivity index (χ2v) is 4.68. The van der Waals surface area contributed by atoms with Gasteiger partial charge < -0.3 is 15.8 Å². The van der Waals surface area contributed by atoms with Crippen molar-refractivity contribution in [2.75, 3.05) is 6.61 Å². The fraction of sp³-hybridized carbons (Fsp3) is 0.500. The number of benzene rings is 1. The molecular weight excluding hydrogens is 228 g/mol. The largest absolute Gasteiger partial charge is 0.483 e. The van der Waals surface area contributed by atoms with E-state index < -0.39 is 0 Å². The van der Waals surface area contributed by atoms with Crippen LogP contribution in [0.2, 0.25) is 0 Å². The molecule has 0 heterocycles. The fourth-order valence-electron chi connectivity index (χ4n) is 2.08. The highest BCUT2D eigenvalue weighted by Gasteiger charge is 2.36. The summed E-state index contributed by atoms with van der Waals surface area (Å²) in [6, 6.07) is 7.88. The van der Waals surface area contributed by atoms with Crippen LogP contribution in [0.4, 0.5) is 0 Å². The molecule has 1 aromatic carbocycles. The Balaban J connectivity index is 1.79. The molecule has 0 saturated heterocycles. The molecule has 1 aliphatic carbocycles. The highest BCUT2D eigenvalue weighted by molar-refractivity contribution is 5.78. The lowest BCUT2D eigenvalue weighted by atomic mass is 10.2. The molecule has 2 rings (SSSR count). The summed E-state index contributed by atoms with van der Waals surface area (Å²) in [6.45, 7) is 2.62. The van der Waals surface area contributed by atoms with Gasteiger partial charge in [0.15, 0.2) is 6.61 Å². The zero-order valence-corrected chi connectivity index (χ0v) is 10.7. The van der Waals surface area contributed by atoms with E-state index in [9.17, 15) is 4.79 Å². The highest BCUT2D eigenvalue weighted by Crippen LogP contribution is 2.32. The smallest absolute Gasteiger partial charge is 0.258 e. The first-order valence-corrected chi connectivity index (χ1v) is 6.44. The minimum Gasteiger partial charge on any atom is -0.483 e. The Bertz CT molecular complexity index is 420. The molecule has 0 spiro atoms. The van der Waals surface area contributed by atoms with Crippen LogP contribution in [0, 0.1) is 5.92 Å². The van der Waals surface area contributed by atoms with Gasteiger partial charge >= 0.3 is 0 Å². The average Bonchev–Trinajstić information content (AvgIpc) is 3.15. The third-order valence-corrected chi connectivity index (χ3v) is 3.34. The quantitative estimate of drug-likeness (QED) is 0.800. The summed E-state index contributed by atoms with van der Waals surface area (Å²) in [6.07, 6.45) is 2.23. The molecule has 2 atom stereocenters. The molecule has 4 nitrogen and oxygen atoms in total. The summed E-state index contributed by atoms with van der Waals surface area (Å²) >= 11 is 0. The van der Waals surface area contributed by atoms with Crippen LogP contribution in [0.5, 0.6) is 5.75 Å². The summed E-state index contributed by atoms with van der Waals surface area (Å²) in [5.74, 6) is 1.30. The van der Waals surface area contributed by atoms with Crippen LogP contribution < -0.4 is 15.8 Å². The van der Waals surface area contributed by atoms with E-state index in [1.54, 1.807) is 0 Å². The van der Waals surface area contributed by atoms with Gasteiger partial charge in [-0.15, -0.1) is 0 Å². The van der Waals surface area contributed by atoms with Gasteiger partial charge in [-0.2, -0.15) is 0 Å². The molecule has 1 fully saturated rings. The molecule has 0 aromatic heterocycles. The topological polar surface area (TPSA) is 64.3 Å². The van der Waals surface area contributed by atoms with Crippen LogP contribution in [0.25, 0.3) is 0 Å². The lowest BCUT2D eigenvalue weighted by Gasteiger charge is -2.10.